The predicted octanol–water partition coefficient (Wildman–Crippen LogP) is 6.49. The van der Waals surface area contributed by atoms with Gasteiger partial charge in [0.1, 0.15) is 0 Å². The Balaban J connectivity index is 2.23. The molecule has 154 valence electrons. The molecule has 30 heavy (non-hydrogen) atoms. The van der Waals surface area contributed by atoms with Crippen LogP contribution in [0, 0.1) is 0 Å². The summed E-state index contributed by atoms with van der Waals surface area (Å²) in [6, 6.07) is 26.5. The molecular weight excluding hydrogens is 425 g/mol. The molecule has 0 aromatic heterocycles. The Kier molecular flexibility index (Phi) is 7.03. The summed E-state index contributed by atoms with van der Waals surface area (Å²) in [5.41, 5.74) is 4.07. The molecule has 0 aliphatic heterocycles. The minimum Gasteiger partial charge on any atom is -0.296 e. The van der Waals surface area contributed by atoms with E-state index in [9.17, 15) is 4.57 Å². The van der Waals surface area contributed by atoms with E-state index >= 15 is 0 Å². The van der Waals surface area contributed by atoms with Crippen LogP contribution in [0.1, 0.15) is 11.6 Å². The second kappa shape index (κ2) is 9.35. The third-order valence-electron chi connectivity index (χ3n) is 5.05. The van der Waals surface area contributed by atoms with Gasteiger partial charge in [0, 0.05) is 15.6 Å². The molecule has 0 unspecified atom stereocenters. The first-order valence-corrected chi connectivity index (χ1v) is 15.5. The van der Waals surface area contributed by atoms with Crippen LogP contribution in [0.2, 0.25) is 24.7 Å². The van der Waals surface area contributed by atoms with Crippen molar-refractivity contribution >= 4 is 37.6 Å². The summed E-state index contributed by atoms with van der Waals surface area (Å²) in [5, 5.41) is 6.73. The van der Waals surface area contributed by atoms with Crippen molar-refractivity contribution in [3.05, 3.63) is 113 Å². The normalized spacial score (nSPS) is 12.8. The zero-order chi connectivity index (χ0) is 21.8. The molecule has 3 rings (SSSR count). The van der Waals surface area contributed by atoms with Crippen molar-refractivity contribution in [2.75, 3.05) is 0 Å². The molecule has 0 fully saturated rings. The van der Waals surface area contributed by atoms with Gasteiger partial charge in [-0.15, -0.1) is 5.73 Å². The van der Waals surface area contributed by atoms with E-state index in [2.05, 4.69) is 37.0 Å². The van der Waals surface area contributed by atoms with Crippen LogP contribution < -0.4 is 15.7 Å². The summed E-state index contributed by atoms with van der Waals surface area (Å²) in [4.78, 5) is 0. The molecule has 0 saturated carbocycles. The van der Waals surface area contributed by atoms with Gasteiger partial charge in [0.25, 0.3) is 0 Å². The Morgan fingerprint density at radius 2 is 1.37 bits per heavy atom. The smallest absolute Gasteiger partial charge is 0.205 e. The number of hydrogen-bond acceptors (Lipinski definition) is 1. The lowest BCUT2D eigenvalue weighted by atomic mass is 10.1. The number of hydrogen-bond donors (Lipinski definition) is 1. The highest BCUT2D eigenvalue weighted by atomic mass is 35.5. The third kappa shape index (κ3) is 4.78. The Hall–Kier alpha value is -2.12. The molecule has 0 aliphatic rings. The van der Waals surface area contributed by atoms with Crippen molar-refractivity contribution in [2.45, 2.75) is 25.7 Å². The highest BCUT2D eigenvalue weighted by molar-refractivity contribution is 7.76. The zero-order valence-corrected chi connectivity index (χ0v) is 20.3. The Morgan fingerprint density at radius 1 is 0.900 bits per heavy atom. The van der Waals surface area contributed by atoms with E-state index in [1.165, 1.54) is 0 Å². The minimum absolute atomic E-state index is 0.353. The largest absolute Gasteiger partial charge is 0.296 e. The quantitative estimate of drug-likeness (QED) is 0.253. The summed E-state index contributed by atoms with van der Waals surface area (Å²) in [6.45, 7) is 10.7. The minimum atomic E-state index is -3.18. The van der Waals surface area contributed by atoms with Crippen LogP contribution in [0.3, 0.4) is 0 Å². The maximum atomic E-state index is 14.7. The molecule has 0 saturated heterocycles. The monoisotopic (exact) mass is 451 g/mol. The Labute approximate surface area is 185 Å². The summed E-state index contributed by atoms with van der Waals surface area (Å²) in [7, 11) is -5.03. The van der Waals surface area contributed by atoms with Gasteiger partial charge in [-0.1, -0.05) is 92.4 Å². The lowest BCUT2D eigenvalue weighted by Crippen LogP contribution is -2.37. The summed E-state index contributed by atoms with van der Waals surface area (Å²) >= 11 is 6.62. The first-order chi connectivity index (χ1) is 14.3. The van der Waals surface area contributed by atoms with Crippen molar-refractivity contribution in [3.63, 3.8) is 0 Å². The Bertz CT molecular complexity index is 1060. The molecule has 0 bridgehead atoms. The maximum Gasteiger partial charge on any atom is 0.205 e. The van der Waals surface area contributed by atoms with Gasteiger partial charge in [0.15, 0.2) is 0 Å². The van der Waals surface area contributed by atoms with Crippen LogP contribution in [0.15, 0.2) is 102 Å². The molecular formula is C25H27ClNOPSi. The third-order valence-corrected chi connectivity index (χ3v) is 10.2. The van der Waals surface area contributed by atoms with Gasteiger partial charge < -0.3 is 0 Å². The number of halogens is 1. The number of nitrogens with one attached hydrogen (secondary N) is 1. The standard InChI is InChI=1S/C25H27ClNOPSi/c1-5-24(30(2,3)4)25(22-18-12-13-19-23(22)26)27-29(28,20-14-8-6-9-15-20)21-16-10-7-11-17-21/h6-19,25H,1H2,2-4H3,(H,27,28)/t25-/m1/s1. The molecule has 1 atom stereocenters. The molecule has 2 nitrogen and oxygen atoms in total. The van der Waals surface area contributed by atoms with Crippen LogP contribution in [0.4, 0.5) is 0 Å². The molecule has 0 spiro atoms. The molecule has 0 radical (unpaired) electrons. The van der Waals surface area contributed by atoms with E-state index in [-0.39, 0.29) is 6.04 Å². The van der Waals surface area contributed by atoms with Gasteiger partial charge >= 0.3 is 0 Å². The van der Waals surface area contributed by atoms with Crippen molar-refractivity contribution in [1.82, 2.24) is 5.09 Å². The topological polar surface area (TPSA) is 29.1 Å². The highest BCUT2D eigenvalue weighted by Crippen LogP contribution is 2.45. The van der Waals surface area contributed by atoms with Gasteiger partial charge in [0.2, 0.25) is 7.29 Å². The van der Waals surface area contributed by atoms with Crippen LogP contribution in [0.5, 0.6) is 0 Å². The summed E-state index contributed by atoms with van der Waals surface area (Å²) in [6.07, 6.45) is 0. The SMILES string of the molecule is C=C=C([C@H](NP(=O)(c1ccccc1)c1ccccc1)c1ccccc1Cl)[Si](C)(C)C. The molecule has 0 amide bonds. The average molecular weight is 452 g/mol. The maximum absolute atomic E-state index is 14.7. The lowest BCUT2D eigenvalue weighted by Gasteiger charge is -2.33. The fourth-order valence-corrected chi connectivity index (χ4v) is 7.96. The molecule has 1 N–H and O–H groups in total. The zero-order valence-electron chi connectivity index (χ0n) is 17.6. The second-order valence-electron chi connectivity index (χ2n) is 8.20. The van der Waals surface area contributed by atoms with E-state index < -0.39 is 15.4 Å². The van der Waals surface area contributed by atoms with Crippen molar-refractivity contribution in [3.8, 4) is 0 Å². The fraction of sp³-hybridized carbons (Fsp3) is 0.160. The van der Waals surface area contributed by atoms with Crippen molar-refractivity contribution in [2.24, 2.45) is 0 Å². The summed E-state index contributed by atoms with van der Waals surface area (Å²) in [5.74, 6) is 0. The second-order valence-corrected chi connectivity index (χ2v) is 16.2. The first kappa shape index (κ1) is 22.6. The highest BCUT2D eigenvalue weighted by Gasteiger charge is 2.36. The van der Waals surface area contributed by atoms with Gasteiger partial charge in [-0.2, -0.15) is 0 Å². The van der Waals surface area contributed by atoms with Crippen LogP contribution >= 0.6 is 18.9 Å². The van der Waals surface area contributed by atoms with Crippen LogP contribution in [0.25, 0.3) is 0 Å². The van der Waals surface area contributed by atoms with E-state index in [0.29, 0.717) is 5.02 Å². The summed E-state index contributed by atoms with van der Waals surface area (Å²) < 4.78 is 14.7. The average Bonchev–Trinajstić information content (AvgIpc) is 2.74. The van der Waals surface area contributed by atoms with E-state index in [1.54, 1.807) is 0 Å². The Morgan fingerprint density at radius 3 is 1.80 bits per heavy atom. The molecule has 0 aliphatic carbocycles. The van der Waals surface area contributed by atoms with Gasteiger partial charge in [-0.25, -0.2) is 5.09 Å². The van der Waals surface area contributed by atoms with Crippen molar-refractivity contribution in [1.29, 1.82) is 0 Å². The molecule has 3 aromatic carbocycles. The number of rotatable bonds is 7. The van der Waals surface area contributed by atoms with Gasteiger partial charge in [-0.3, -0.25) is 4.57 Å². The van der Waals surface area contributed by atoms with Gasteiger partial charge in [-0.05, 0) is 41.1 Å². The van der Waals surface area contributed by atoms with Crippen molar-refractivity contribution < 1.29 is 4.57 Å². The fourth-order valence-electron chi connectivity index (χ4n) is 3.55. The van der Waals surface area contributed by atoms with E-state index in [1.807, 2.05) is 84.9 Å². The van der Waals surface area contributed by atoms with Crippen LogP contribution in [-0.2, 0) is 4.57 Å². The first-order valence-electron chi connectivity index (χ1n) is 9.91. The predicted molar refractivity (Wildman–Crippen MR) is 133 cm³/mol. The molecule has 5 heteroatoms. The molecule has 3 aromatic rings. The van der Waals surface area contributed by atoms with Crippen LogP contribution in [-0.4, -0.2) is 8.07 Å². The molecule has 0 heterocycles. The van der Waals surface area contributed by atoms with E-state index in [0.717, 1.165) is 21.4 Å². The van der Waals surface area contributed by atoms with E-state index in [4.69, 9.17) is 11.6 Å². The lowest BCUT2D eigenvalue weighted by molar-refractivity contribution is 0.572. The van der Waals surface area contributed by atoms with Gasteiger partial charge in [0.05, 0.1) is 14.1 Å². The number of benzene rings is 3.